The van der Waals surface area contributed by atoms with Crippen molar-refractivity contribution in [3.63, 3.8) is 0 Å². The van der Waals surface area contributed by atoms with Crippen LogP contribution in [0.1, 0.15) is 39.5 Å². The van der Waals surface area contributed by atoms with Crippen molar-refractivity contribution in [2.45, 2.75) is 45.1 Å². The predicted molar refractivity (Wildman–Crippen MR) is 68.3 cm³/mol. The fraction of sp³-hybridized carbons (Fsp3) is 0.750. The molecule has 0 heterocycles. The summed E-state index contributed by atoms with van der Waals surface area (Å²) in [7, 11) is 0. The lowest BCUT2D eigenvalue weighted by molar-refractivity contribution is -0.165. The van der Waals surface area contributed by atoms with Crippen LogP contribution in [0.5, 0.6) is 0 Å². The van der Waals surface area contributed by atoms with E-state index in [1.165, 1.54) is 0 Å². The summed E-state index contributed by atoms with van der Waals surface area (Å²) in [5, 5.41) is 11.6. The van der Waals surface area contributed by atoms with Gasteiger partial charge in [0.2, 0.25) is 11.4 Å². The molecule has 0 unspecified atom stereocenters. The Hall–Kier alpha value is -1.63. The minimum absolute atomic E-state index is 0.0376. The van der Waals surface area contributed by atoms with E-state index in [1.54, 1.807) is 13.8 Å². The number of hydrogen-bond donors (Lipinski definition) is 3. The third-order valence-corrected chi connectivity index (χ3v) is 2.67. The zero-order valence-electron chi connectivity index (χ0n) is 11.4. The van der Waals surface area contributed by atoms with Gasteiger partial charge in [-0.15, -0.1) is 0 Å². The molecule has 0 aromatic heterocycles. The van der Waals surface area contributed by atoms with E-state index in [1.807, 2.05) is 0 Å². The van der Waals surface area contributed by atoms with Crippen molar-refractivity contribution in [3.05, 3.63) is 0 Å². The maximum atomic E-state index is 11.9. The standard InChI is InChI=1S/C12H22N2O5/c1-3-9(15)14-12(10(16)17,7-5-6-8-13)11(18)19-4-2/h3-8,13H2,1-2H3,(H,14,15)(H,16,17)/t12-/m0/s1. The van der Waals surface area contributed by atoms with E-state index in [9.17, 15) is 19.5 Å². The number of ether oxygens (including phenoxy) is 1. The molecule has 4 N–H and O–H groups in total. The van der Waals surface area contributed by atoms with Crippen LogP contribution in [0.3, 0.4) is 0 Å². The number of nitrogens with one attached hydrogen (secondary N) is 1. The Kier molecular flexibility index (Phi) is 7.74. The van der Waals surface area contributed by atoms with Crippen molar-refractivity contribution in [3.8, 4) is 0 Å². The summed E-state index contributed by atoms with van der Waals surface area (Å²) in [5.41, 5.74) is 3.33. The zero-order chi connectivity index (χ0) is 14.9. The molecule has 0 bridgehead atoms. The first-order chi connectivity index (χ1) is 8.94. The highest BCUT2D eigenvalue weighted by molar-refractivity contribution is 6.07. The van der Waals surface area contributed by atoms with Crippen LogP contribution in [-0.4, -0.2) is 41.6 Å². The molecule has 0 aromatic rings. The molecular formula is C12H22N2O5. The molecule has 0 aliphatic carbocycles. The molecule has 7 heteroatoms. The fourth-order valence-electron chi connectivity index (χ4n) is 1.58. The molecule has 0 saturated carbocycles. The number of carboxylic acids is 1. The first kappa shape index (κ1) is 17.4. The molecule has 7 nitrogen and oxygen atoms in total. The number of nitrogens with two attached hydrogens (primary N) is 1. The van der Waals surface area contributed by atoms with Gasteiger partial charge in [0.25, 0.3) is 0 Å². The van der Waals surface area contributed by atoms with Crippen LogP contribution in [0.4, 0.5) is 0 Å². The summed E-state index contributed by atoms with van der Waals surface area (Å²) in [6.07, 6.45) is 1.03. The second kappa shape index (κ2) is 8.47. The number of carbonyl (C=O) groups excluding carboxylic acids is 2. The quantitative estimate of drug-likeness (QED) is 0.310. The van der Waals surface area contributed by atoms with Gasteiger partial charge in [-0.2, -0.15) is 0 Å². The van der Waals surface area contributed by atoms with Gasteiger partial charge >= 0.3 is 11.9 Å². The van der Waals surface area contributed by atoms with E-state index >= 15 is 0 Å². The van der Waals surface area contributed by atoms with Gasteiger partial charge in [0, 0.05) is 6.42 Å². The van der Waals surface area contributed by atoms with Gasteiger partial charge < -0.3 is 20.9 Å². The summed E-state index contributed by atoms with van der Waals surface area (Å²) in [6.45, 7) is 3.59. The minimum atomic E-state index is -2.02. The number of rotatable bonds is 9. The van der Waals surface area contributed by atoms with E-state index in [0.29, 0.717) is 19.4 Å². The molecule has 0 aliphatic heterocycles. The van der Waals surface area contributed by atoms with Gasteiger partial charge in [0.05, 0.1) is 6.61 Å². The van der Waals surface area contributed by atoms with Gasteiger partial charge in [-0.1, -0.05) is 6.92 Å². The largest absolute Gasteiger partial charge is 0.479 e. The molecule has 0 rings (SSSR count). The van der Waals surface area contributed by atoms with Crippen molar-refractivity contribution in [1.29, 1.82) is 0 Å². The molecule has 1 atom stereocenters. The first-order valence-corrected chi connectivity index (χ1v) is 6.36. The zero-order valence-corrected chi connectivity index (χ0v) is 11.4. The highest BCUT2D eigenvalue weighted by Crippen LogP contribution is 2.18. The number of hydrogen-bond acceptors (Lipinski definition) is 5. The topological polar surface area (TPSA) is 119 Å². The number of unbranched alkanes of at least 4 members (excludes halogenated alkanes) is 1. The Morgan fingerprint density at radius 3 is 2.32 bits per heavy atom. The second-order valence-electron chi connectivity index (χ2n) is 4.08. The number of aliphatic carboxylic acids is 1. The number of carboxylic acid groups (broad SMARTS) is 1. The molecular weight excluding hydrogens is 252 g/mol. The summed E-state index contributed by atoms with van der Waals surface area (Å²) < 4.78 is 4.78. The fourth-order valence-corrected chi connectivity index (χ4v) is 1.58. The maximum Gasteiger partial charge on any atom is 0.343 e. The van der Waals surface area contributed by atoms with Crippen LogP contribution in [0.25, 0.3) is 0 Å². The summed E-state index contributed by atoms with van der Waals surface area (Å²) in [5.74, 6) is -2.87. The van der Waals surface area contributed by atoms with Crippen LogP contribution in [0.15, 0.2) is 0 Å². The molecule has 1 amide bonds. The number of esters is 1. The van der Waals surface area contributed by atoms with Crippen LogP contribution in [0.2, 0.25) is 0 Å². The summed E-state index contributed by atoms with van der Waals surface area (Å²) in [4.78, 5) is 34.8. The van der Waals surface area contributed by atoms with Crippen LogP contribution >= 0.6 is 0 Å². The lowest BCUT2D eigenvalue weighted by Gasteiger charge is -2.28. The smallest absolute Gasteiger partial charge is 0.343 e. The number of carbonyl (C=O) groups is 3. The molecule has 110 valence electrons. The van der Waals surface area contributed by atoms with Crippen molar-refractivity contribution < 1.29 is 24.2 Å². The molecule has 0 spiro atoms. The Balaban J connectivity index is 5.15. The molecule has 0 radical (unpaired) electrons. The lowest BCUT2D eigenvalue weighted by atomic mass is 9.92. The molecule has 19 heavy (non-hydrogen) atoms. The third kappa shape index (κ3) is 4.86. The van der Waals surface area contributed by atoms with Gasteiger partial charge in [0.15, 0.2) is 0 Å². The van der Waals surface area contributed by atoms with Crippen molar-refractivity contribution in [2.24, 2.45) is 5.73 Å². The first-order valence-electron chi connectivity index (χ1n) is 6.36. The van der Waals surface area contributed by atoms with Crippen LogP contribution in [-0.2, 0) is 19.1 Å². The maximum absolute atomic E-state index is 11.9. The van der Waals surface area contributed by atoms with Crippen molar-refractivity contribution >= 4 is 17.8 Å². The van der Waals surface area contributed by atoms with E-state index in [0.717, 1.165) is 0 Å². The number of amides is 1. The van der Waals surface area contributed by atoms with Crippen LogP contribution in [0, 0.1) is 0 Å². The minimum Gasteiger partial charge on any atom is -0.479 e. The SMILES string of the molecule is CCOC(=O)[C@@](CCCCN)(NC(=O)CC)C(=O)O. The average Bonchev–Trinajstić information content (AvgIpc) is 2.37. The Morgan fingerprint density at radius 1 is 1.26 bits per heavy atom. The Morgan fingerprint density at radius 2 is 1.89 bits per heavy atom. The van der Waals surface area contributed by atoms with E-state index < -0.39 is 23.4 Å². The van der Waals surface area contributed by atoms with E-state index in [-0.39, 0.29) is 19.4 Å². The molecule has 0 aromatic carbocycles. The molecule has 0 aliphatic rings. The van der Waals surface area contributed by atoms with E-state index in [2.05, 4.69) is 5.32 Å². The van der Waals surface area contributed by atoms with E-state index in [4.69, 9.17) is 10.5 Å². The highest BCUT2D eigenvalue weighted by atomic mass is 16.5. The Labute approximate surface area is 112 Å². The average molecular weight is 274 g/mol. The van der Waals surface area contributed by atoms with Crippen molar-refractivity contribution in [2.75, 3.05) is 13.2 Å². The van der Waals surface area contributed by atoms with Crippen LogP contribution < -0.4 is 11.1 Å². The third-order valence-electron chi connectivity index (χ3n) is 2.67. The van der Waals surface area contributed by atoms with Gasteiger partial charge in [-0.3, -0.25) is 4.79 Å². The second-order valence-corrected chi connectivity index (χ2v) is 4.08. The molecule has 0 fully saturated rings. The lowest BCUT2D eigenvalue weighted by Crippen LogP contribution is -2.60. The normalized spacial score (nSPS) is 13.4. The summed E-state index contributed by atoms with van der Waals surface area (Å²) >= 11 is 0. The van der Waals surface area contributed by atoms with Gasteiger partial charge in [-0.05, 0) is 32.7 Å². The van der Waals surface area contributed by atoms with Crippen molar-refractivity contribution in [1.82, 2.24) is 5.32 Å². The Bertz CT molecular complexity index is 332. The molecule has 0 saturated heterocycles. The van der Waals surface area contributed by atoms with Gasteiger partial charge in [0.1, 0.15) is 0 Å². The predicted octanol–water partition coefficient (Wildman–Crippen LogP) is 0.0281. The summed E-state index contributed by atoms with van der Waals surface area (Å²) in [6, 6.07) is 0. The van der Waals surface area contributed by atoms with Gasteiger partial charge in [-0.25, -0.2) is 9.59 Å². The monoisotopic (exact) mass is 274 g/mol. The highest BCUT2D eigenvalue weighted by Gasteiger charge is 2.48.